The highest BCUT2D eigenvalue weighted by atomic mass is 35.5. The molecular formula is C34H33ClN4O5. The Balaban J connectivity index is 1.20. The molecule has 3 heterocycles. The number of nitrogens with one attached hydrogen (secondary N) is 2. The van der Waals surface area contributed by atoms with Crippen LogP contribution in [0.25, 0.3) is 21.8 Å². The predicted octanol–water partition coefficient (Wildman–Crippen LogP) is 6.77. The zero-order valence-electron chi connectivity index (χ0n) is 24.7. The smallest absolute Gasteiger partial charge is 0.274 e. The van der Waals surface area contributed by atoms with Gasteiger partial charge in [-0.3, -0.25) is 9.59 Å². The number of carbonyl (C=O) groups is 2. The van der Waals surface area contributed by atoms with Gasteiger partial charge in [0.1, 0.15) is 22.8 Å². The summed E-state index contributed by atoms with van der Waals surface area (Å²) in [6, 6.07) is 17.9. The van der Waals surface area contributed by atoms with Crippen molar-refractivity contribution in [2.75, 3.05) is 36.4 Å². The molecule has 0 aliphatic carbocycles. The number of anilines is 2. The summed E-state index contributed by atoms with van der Waals surface area (Å²) in [7, 11) is 1.65. The summed E-state index contributed by atoms with van der Waals surface area (Å²) in [6.45, 7) is 4.97. The minimum atomic E-state index is -0.292. The van der Waals surface area contributed by atoms with Gasteiger partial charge in [-0.2, -0.15) is 0 Å². The second-order valence-corrected chi connectivity index (χ2v) is 11.4. The maximum atomic E-state index is 13.8. The lowest BCUT2D eigenvalue weighted by Crippen LogP contribution is -2.30. The number of hydrogen-bond acceptors (Lipinski definition) is 6. The average molecular weight is 613 g/mol. The van der Waals surface area contributed by atoms with Crippen molar-refractivity contribution in [3.05, 3.63) is 89.2 Å². The molecule has 44 heavy (non-hydrogen) atoms. The number of carbonyl (C=O) groups excluding carboxylic acids is 2. The quantitative estimate of drug-likeness (QED) is 0.158. The summed E-state index contributed by atoms with van der Waals surface area (Å²) in [5.74, 6) is 0.505. The zero-order chi connectivity index (χ0) is 31.0. The fourth-order valence-corrected chi connectivity index (χ4v) is 6.08. The lowest BCUT2D eigenvalue weighted by atomic mass is 9.92. The number of phenols is 1. The van der Waals surface area contributed by atoms with Crippen LogP contribution in [-0.4, -0.2) is 59.1 Å². The number of alkyl halides is 1. The summed E-state index contributed by atoms with van der Waals surface area (Å²) in [5.41, 5.74) is 4.46. The Kier molecular flexibility index (Phi) is 8.16. The van der Waals surface area contributed by atoms with Gasteiger partial charge in [-0.25, -0.2) is 4.98 Å². The van der Waals surface area contributed by atoms with Crippen molar-refractivity contribution in [2.24, 2.45) is 0 Å². The van der Waals surface area contributed by atoms with Crippen LogP contribution in [0.3, 0.4) is 0 Å². The molecule has 1 unspecified atom stereocenters. The lowest BCUT2D eigenvalue weighted by molar-refractivity contribution is 0.0983. The first-order chi connectivity index (χ1) is 21.3. The SMILES string of the molecule is COCC[C@H](C)Oc1ccc(C(=O)Nc2cnc3[nH]c(C(=O)N4CC(CCl)c5c4cc(O)c4cccc(C)c54)cc3c2)cc1. The number of rotatable bonds is 9. The normalized spacial score (nSPS) is 15.0. The topological polar surface area (TPSA) is 117 Å². The standard InChI is InChI=1S/C34H33ClN4O5/c1-19-5-4-6-26-29(40)15-28-31(30(19)26)23(16-35)18-39(28)34(42)27-14-22-13-24(17-36-32(22)38-27)37-33(41)21-7-9-25(10-8-21)44-20(2)11-12-43-3/h4-10,13-15,17,20,23,40H,11-12,16,18H2,1-3H3,(H,36,38)(H,37,41)/t20-,23?/m0/s1. The average Bonchev–Trinajstić information content (AvgIpc) is 3.61. The van der Waals surface area contributed by atoms with Crippen LogP contribution in [0.1, 0.15) is 51.2 Å². The van der Waals surface area contributed by atoms with Crippen LogP contribution in [0.15, 0.2) is 66.9 Å². The molecule has 0 saturated carbocycles. The minimum absolute atomic E-state index is 0.0104. The molecule has 226 valence electrons. The van der Waals surface area contributed by atoms with Crippen LogP contribution in [0, 0.1) is 6.92 Å². The lowest BCUT2D eigenvalue weighted by Gasteiger charge is -2.18. The van der Waals surface area contributed by atoms with Gasteiger partial charge in [-0.15, -0.1) is 11.6 Å². The molecule has 1 aliphatic heterocycles. The number of methoxy groups -OCH3 is 1. The van der Waals surface area contributed by atoms with Gasteiger partial charge in [-0.1, -0.05) is 18.2 Å². The molecular weight excluding hydrogens is 580 g/mol. The highest BCUT2D eigenvalue weighted by molar-refractivity contribution is 6.19. The molecule has 0 spiro atoms. The van der Waals surface area contributed by atoms with Crippen LogP contribution in [0.2, 0.25) is 0 Å². The van der Waals surface area contributed by atoms with Crippen molar-refractivity contribution >= 4 is 56.6 Å². The van der Waals surface area contributed by atoms with Gasteiger partial charge in [0, 0.05) is 60.9 Å². The molecule has 0 fully saturated rings. The zero-order valence-corrected chi connectivity index (χ0v) is 25.4. The molecule has 2 amide bonds. The van der Waals surface area contributed by atoms with Crippen LogP contribution in [0.5, 0.6) is 11.5 Å². The molecule has 9 nitrogen and oxygen atoms in total. The molecule has 0 radical (unpaired) electrons. The van der Waals surface area contributed by atoms with Gasteiger partial charge in [0.25, 0.3) is 11.8 Å². The number of fused-ring (bicyclic) bond motifs is 4. The Labute approximate surface area is 259 Å². The molecule has 3 aromatic carbocycles. The van der Waals surface area contributed by atoms with Gasteiger partial charge >= 0.3 is 0 Å². The number of aryl methyl sites for hydroxylation is 1. The number of aromatic amines is 1. The number of benzene rings is 3. The van der Waals surface area contributed by atoms with E-state index in [4.69, 9.17) is 21.1 Å². The van der Waals surface area contributed by atoms with E-state index in [0.717, 1.165) is 28.3 Å². The van der Waals surface area contributed by atoms with E-state index in [2.05, 4.69) is 15.3 Å². The first-order valence-corrected chi connectivity index (χ1v) is 15.0. The third-order valence-electron chi connectivity index (χ3n) is 8.04. The van der Waals surface area contributed by atoms with Crippen molar-refractivity contribution in [3.63, 3.8) is 0 Å². The highest BCUT2D eigenvalue weighted by Gasteiger charge is 2.36. The summed E-state index contributed by atoms with van der Waals surface area (Å²) in [6.07, 6.45) is 2.30. The first kappa shape index (κ1) is 29.5. The summed E-state index contributed by atoms with van der Waals surface area (Å²) < 4.78 is 11.0. The van der Waals surface area contributed by atoms with Crippen LogP contribution >= 0.6 is 11.6 Å². The third kappa shape index (κ3) is 5.56. The molecule has 2 atom stereocenters. The second kappa shape index (κ2) is 12.2. The monoisotopic (exact) mass is 612 g/mol. The van der Waals surface area contributed by atoms with Crippen molar-refractivity contribution < 1.29 is 24.2 Å². The van der Waals surface area contributed by atoms with Gasteiger partial charge in [-0.05, 0) is 66.8 Å². The van der Waals surface area contributed by atoms with Crippen molar-refractivity contribution in [1.82, 2.24) is 9.97 Å². The number of nitrogens with zero attached hydrogens (tertiary/aromatic N) is 2. The number of ether oxygens (including phenoxy) is 2. The summed E-state index contributed by atoms with van der Waals surface area (Å²) >= 11 is 6.39. The van der Waals surface area contributed by atoms with Crippen LogP contribution < -0.4 is 15.0 Å². The fraction of sp³-hybridized carbons (Fsp3) is 0.265. The number of halogens is 1. The Morgan fingerprint density at radius 1 is 1.18 bits per heavy atom. The highest BCUT2D eigenvalue weighted by Crippen LogP contribution is 2.46. The Hall–Kier alpha value is -4.60. The third-order valence-corrected chi connectivity index (χ3v) is 8.41. The molecule has 5 aromatic rings. The first-order valence-electron chi connectivity index (χ1n) is 14.5. The van der Waals surface area contributed by atoms with Gasteiger partial charge in [0.05, 0.1) is 23.7 Å². The van der Waals surface area contributed by atoms with Crippen LogP contribution in [-0.2, 0) is 4.74 Å². The number of aromatic nitrogens is 2. The summed E-state index contributed by atoms with van der Waals surface area (Å²) in [5, 5.41) is 16.1. The largest absolute Gasteiger partial charge is 0.507 e. The minimum Gasteiger partial charge on any atom is -0.507 e. The molecule has 1 aliphatic rings. The van der Waals surface area contributed by atoms with E-state index in [-0.39, 0.29) is 29.6 Å². The van der Waals surface area contributed by atoms with E-state index in [1.807, 2.05) is 32.0 Å². The number of hydrogen-bond donors (Lipinski definition) is 3. The van der Waals surface area contributed by atoms with E-state index in [9.17, 15) is 14.7 Å². The van der Waals surface area contributed by atoms with E-state index in [1.165, 1.54) is 0 Å². The molecule has 6 rings (SSSR count). The number of phenolic OH excluding ortho intramolecular Hbond substituents is 1. The Bertz CT molecular complexity index is 1870. The van der Waals surface area contributed by atoms with Crippen LogP contribution in [0.4, 0.5) is 11.4 Å². The fourth-order valence-electron chi connectivity index (χ4n) is 5.82. The molecule has 2 aromatic heterocycles. The van der Waals surface area contributed by atoms with Gasteiger partial charge in [0.2, 0.25) is 0 Å². The van der Waals surface area contributed by atoms with Gasteiger partial charge in [0.15, 0.2) is 0 Å². The maximum absolute atomic E-state index is 13.8. The van der Waals surface area contributed by atoms with Crippen molar-refractivity contribution in [1.29, 1.82) is 0 Å². The number of H-pyrrole nitrogens is 1. The van der Waals surface area contributed by atoms with Gasteiger partial charge < -0.3 is 29.8 Å². The Morgan fingerprint density at radius 2 is 1.98 bits per heavy atom. The van der Waals surface area contributed by atoms with Crippen molar-refractivity contribution in [3.8, 4) is 11.5 Å². The molecule has 3 N–H and O–H groups in total. The number of aromatic hydroxyl groups is 1. The summed E-state index contributed by atoms with van der Waals surface area (Å²) in [4.78, 5) is 36.0. The van der Waals surface area contributed by atoms with E-state index in [0.29, 0.717) is 58.4 Å². The molecule has 10 heteroatoms. The van der Waals surface area contributed by atoms with Crippen molar-refractivity contribution in [2.45, 2.75) is 32.3 Å². The van der Waals surface area contributed by atoms with E-state index < -0.39 is 0 Å². The molecule has 0 saturated heterocycles. The second-order valence-electron chi connectivity index (χ2n) is 11.1. The number of pyridine rings is 1. The maximum Gasteiger partial charge on any atom is 0.274 e. The number of amides is 2. The predicted molar refractivity (Wildman–Crippen MR) is 173 cm³/mol. The molecule has 0 bridgehead atoms. The van der Waals surface area contributed by atoms with E-state index in [1.54, 1.807) is 60.7 Å². The van der Waals surface area contributed by atoms with E-state index >= 15 is 0 Å². The Morgan fingerprint density at radius 3 is 2.73 bits per heavy atom.